The number of nitrogens with one attached hydrogen (secondary N) is 1. The molecular weight excluding hydrogens is 326 g/mol. The lowest BCUT2D eigenvalue weighted by Crippen LogP contribution is -2.22. The van der Waals surface area contributed by atoms with Crippen LogP contribution in [0.2, 0.25) is 0 Å². The molecule has 3 rings (SSSR count). The van der Waals surface area contributed by atoms with Gasteiger partial charge in [-0.1, -0.05) is 72.4 Å². The van der Waals surface area contributed by atoms with Crippen LogP contribution in [-0.4, -0.2) is 21.5 Å². The fourth-order valence-corrected chi connectivity index (χ4v) is 3.44. The van der Waals surface area contributed by atoms with Crippen LogP contribution in [0.5, 0.6) is 0 Å². The van der Waals surface area contributed by atoms with Gasteiger partial charge in [0.2, 0.25) is 16.2 Å². The monoisotopic (exact) mass is 341 g/mol. The maximum Gasteiger partial charge on any atom is 0.238 e. The second-order valence-electron chi connectivity index (χ2n) is 4.83. The van der Waals surface area contributed by atoms with Crippen molar-refractivity contribution in [3.05, 3.63) is 71.8 Å². The van der Waals surface area contributed by atoms with E-state index in [9.17, 15) is 4.79 Å². The zero-order chi connectivity index (χ0) is 16.1. The molecule has 3 aromatic rings. The third-order valence-corrected chi connectivity index (χ3v) is 4.64. The van der Waals surface area contributed by atoms with E-state index in [0.717, 1.165) is 11.1 Å². The Bertz CT molecular complexity index is 735. The van der Waals surface area contributed by atoms with Gasteiger partial charge in [0.05, 0.1) is 5.92 Å². The molecule has 0 spiro atoms. The molecule has 1 amide bonds. The summed E-state index contributed by atoms with van der Waals surface area (Å²) in [4.78, 5) is 17.1. The lowest BCUT2D eigenvalue weighted by Gasteiger charge is -2.16. The molecule has 0 atom stereocenters. The first-order chi connectivity index (χ1) is 11.3. The highest BCUT2D eigenvalue weighted by atomic mass is 32.2. The zero-order valence-corrected chi connectivity index (χ0v) is 14.1. The van der Waals surface area contributed by atoms with Gasteiger partial charge in [-0.2, -0.15) is 9.36 Å². The van der Waals surface area contributed by atoms with Gasteiger partial charge in [0.1, 0.15) is 0 Å². The van der Waals surface area contributed by atoms with Gasteiger partial charge in [-0.05, 0) is 17.4 Å². The molecule has 1 N–H and O–H groups in total. The number of hydrogen-bond donors (Lipinski definition) is 1. The molecule has 4 nitrogen and oxygen atoms in total. The van der Waals surface area contributed by atoms with Gasteiger partial charge in [0.25, 0.3) is 0 Å². The smallest absolute Gasteiger partial charge is 0.238 e. The van der Waals surface area contributed by atoms with Crippen molar-refractivity contribution in [2.45, 2.75) is 11.1 Å². The van der Waals surface area contributed by atoms with Crippen molar-refractivity contribution in [3.8, 4) is 0 Å². The average molecular weight is 341 g/mol. The molecule has 0 aliphatic heterocycles. The summed E-state index contributed by atoms with van der Waals surface area (Å²) in [6.07, 6.45) is 1.91. The Morgan fingerprint density at radius 3 is 2.09 bits per heavy atom. The minimum absolute atomic E-state index is 0.105. The van der Waals surface area contributed by atoms with E-state index in [1.165, 1.54) is 23.3 Å². The third kappa shape index (κ3) is 3.78. The zero-order valence-electron chi connectivity index (χ0n) is 12.5. The SMILES string of the molecule is CSc1nsc(NC(=O)C(c2ccccc2)c2ccccc2)n1. The first-order valence-corrected chi connectivity index (χ1v) is 9.06. The Morgan fingerprint density at radius 1 is 1.04 bits per heavy atom. The van der Waals surface area contributed by atoms with Crippen LogP contribution in [0.1, 0.15) is 17.0 Å². The van der Waals surface area contributed by atoms with Gasteiger partial charge < -0.3 is 0 Å². The number of anilines is 1. The molecule has 0 aliphatic rings. The molecule has 0 aliphatic carbocycles. The van der Waals surface area contributed by atoms with Crippen molar-refractivity contribution in [3.63, 3.8) is 0 Å². The van der Waals surface area contributed by atoms with E-state index in [-0.39, 0.29) is 11.8 Å². The summed E-state index contributed by atoms with van der Waals surface area (Å²) >= 11 is 2.65. The lowest BCUT2D eigenvalue weighted by atomic mass is 9.90. The van der Waals surface area contributed by atoms with Crippen LogP contribution >= 0.6 is 23.3 Å². The first-order valence-electron chi connectivity index (χ1n) is 7.06. The largest absolute Gasteiger partial charge is 0.300 e. The van der Waals surface area contributed by atoms with E-state index in [2.05, 4.69) is 14.7 Å². The molecule has 1 heterocycles. The van der Waals surface area contributed by atoms with Crippen molar-refractivity contribution in [2.24, 2.45) is 0 Å². The molecule has 0 fully saturated rings. The van der Waals surface area contributed by atoms with Crippen LogP contribution in [0.3, 0.4) is 0 Å². The number of rotatable bonds is 5. The molecule has 2 aromatic carbocycles. The summed E-state index contributed by atoms with van der Waals surface area (Å²) in [6.45, 7) is 0. The van der Waals surface area contributed by atoms with Gasteiger partial charge in [-0.15, -0.1) is 0 Å². The standard InChI is InChI=1S/C17H15N3OS2/c1-22-17-19-16(23-20-17)18-15(21)14(12-8-4-2-5-9-12)13-10-6-3-7-11-13/h2-11,14H,1H3,(H,18,19,20,21). The highest BCUT2D eigenvalue weighted by molar-refractivity contribution is 7.98. The van der Waals surface area contributed by atoms with Gasteiger partial charge in [0.15, 0.2) is 0 Å². The Hall–Kier alpha value is -2.18. The van der Waals surface area contributed by atoms with Gasteiger partial charge in [-0.25, -0.2) is 0 Å². The van der Waals surface area contributed by atoms with Crippen LogP contribution in [0.15, 0.2) is 65.8 Å². The second-order valence-corrected chi connectivity index (χ2v) is 6.36. The number of carbonyl (C=O) groups excluding carboxylic acids is 1. The molecular formula is C17H15N3OS2. The topological polar surface area (TPSA) is 54.9 Å². The number of amides is 1. The third-order valence-electron chi connectivity index (χ3n) is 3.35. The van der Waals surface area contributed by atoms with E-state index in [0.29, 0.717) is 10.3 Å². The van der Waals surface area contributed by atoms with Crippen molar-refractivity contribution < 1.29 is 4.79 Å². The highest BCUT2D eigenvalue weighted by Gasteiger charge is 2.23. The van der Waals surface area contributed by atoms with Crippen LogP contribution in [0, 0.1) is 0 Å². The summed E-state index contributed by atoms with van der Waals surface area (Å²) < 4.78 is 4.17. The van der Waals surface area contributed by atoms with Crippen molar-refractivity contribution in [2.75, 3.05) is 11.6 Å². The predicted molar refractivity (Wildman–Crippen MR) is 95.0 cm³/mol. The van der Waals surface area contributed by atoms with Gasteiger partial charge in [0, 0.05) is 11.5 Å². The van der Waals surface area contributed by atoms with E-state index >= 15 is 0 Å². The predicted octanol–water partition coefficient (Wildman–Crippen LogP) is 4.03. The number of benzene rings is 2. The van der Waals surface area contributed by atoms with Crippen LogP contribution in [0.25, 0.3) is 0 Å². The first kappa shape index (κ1) is 15.7. The van der Waals surface area contributed by atoms with E-state index in [4.69, 9.17) is 0 Å². The molecule has 0 unspecified atom stereocenters. The Labute approximate surface area is 143 Å². The Morgan fingerprint density at radius 2 is 1.61 bits per heavy atom. The Kier molecular flexibility index (Phi) is 5.05. The molecule has 116 valence electrons. The van der Waals surface area contributed by atoms with Crippen LogP contribution in [-0.2, 0) is 4.79 Å². The van der Waals surface area contributed by atoms with Crippen LogP contribution < -0.4 is 5.32 Å². The summed E-state index contributed by atoms with van der Waals surface area (Å²) in [6, 6.07) is 19.5. The quantitative estimate of drug-likeness (QED) is 0.712. The van der Waals surface area contributed by atoms with Gasteiger partial charge >= 0.3 is 0 Å². The van der Waals surface area contributed by atoms with E-state index in [1.807, 2.05) is 66.9 Å². The molecule has 0 saturated heterocycles. The molecule has 0 bridgehead atoms. The number of thioether (sulfide) groups is 1. The fraction of sp³-hybridized carbons (Fsp3) is 0.118. The minimum Gasteiger partial charge on any atom is -0.300 e. The van der Waals surface area contributed by atoms with E-state index in [1.54, 1.807) is 0 Å². The number of hydrogen-bond acceptors (Lipinski definition) is 5. The van der Waals surface area contributed by atoms with Crippen molar-refractivity contribution in [1.82, 2.24) is 9.36 Å². The summed E-state index contributed by atoms with van der Waals surface area (Å²) in [5.41, 5.74) is 1.90. The molecule has 0 saturated carbocycles. The second kappa shape index (κ2) is 7.39. The summed E-state index contributed by atoms with van der Waals surface area (Å²) in [5.74, 6) is -0.481. The molecule has 23 heavy (non-hydrogen) atoms. The van der Waals surface area contributed by atoms with E-state index < -0.39 is 0 Å². The lowest BCUT2D eigenvalue weighted by molar-refractivity contribution is -0.116. The number of nitrogens with zero attached hydrogens (tertiary/aromatic N) is 2. The number of carbonyl (C=O) groups is 1. The van der Waals surface area contributed by atoms with Crippen molar-refractivity contribution in [1.29, 1.82) is 0 Å². The minimum atomic E-state index is -0.376. The maximum atomic E-state index is 12.8. The van der Waals surface area contributed by atoms with Gasteiger partial charge in [-0.3, -0.25) is 10.1 Å². The highest BCUT2D eigenvalue weighted by Crippen LogP contribution is 2.27. The van der Waals surface area contributed by atoms with Crippen molar-refractivity contribution >= 4 is 34.3 Å². The summed E-state index contributed by atoms with van der Waals surface area (Å²) in [7, 11) is 0. The Balaban J connectivity index is 1.90. The maximum absolute atomic E-state index is 12.8. The van der Waals surface area contributed by atoms with Crippen LogP contribution in [0.4, 0.5) is 5.13 Å². The fourth-order valence-electron chi connectivity index (χ4n) is 2.31. The summed E-state index contributed by atoms with van der Waals surface area (Å²) in [5, 5.41) is 4.08. The molecule has 0 radical (unpaired) electrons. The normalized spacial score (nSPS) is 10.7. The average Bonchev–Trinajstić information content (AvgIpc) is 3.04. The molecule has 6 heteroatoms. The molecule has 1 aromatic heterocycles. The number of aromatic nitrogens is 2.